The summed E-state index contributed by atoms with van der Waals surface area (Å²) >= 11 is 0. The van der Waals surface area contributed by atoms with Gasteiger partial charge >= 0.3 is 51.4 Å². The van der Waals surface area contributed by atoms with Crippen molar-refractivity contribution in [3.8, 4) is 11.5 Å². The normalized spacial score (nSPS) is 12.1. The van der Waals surface area contributed by atoms with Gasteiger partial charge in [0.1, 0.15) is 9.79 Å². The average Bonchev–Trinajstić information content (AvgIpc) is 2.30. The molecule has 11 heteroatoms. The summed E-state index contributed by atoms with van der Waals surface area (Å²) in [7, 11) is -9.92. The topological polar surface area (TPSA) is 149 Å². The van der Waals surface area contributed by atoms with Crippen LogP contribution >= 0.6 is 0 Å². The molecule has 0 spiro atoms. The van der Waals surface area contributed by atoms with Crippen LogP contribution in [0, 0.1) is 0 Å². The Balaban J connectivity index is 0.00000220. The summed E-state index contributed by atoms with van der Waals surface area (Å²) in [5.41, 5.74) is 0. The van der Waals surface area contributed by atoms with E-state index in [0.717, 1.165) is 18.2 Å². The average molecular weight is 360 g/mol. The zero-order valence-corrected chi connectivity index (χ0v) is 15.3. The molecule has 2 rings (SSSR count). The van der Waals surface area contributed by atoms with Crippen LogP contribution in [0.5, 0.6) is 11.5 Å². The molecule has 2 aromatic rings. The number of rotatable bonds is 2. The molecule has 0 radical (unpaired) electrons. The molecule has 0 aromatic heterocycles. The number of aromatic hydroxyl groups is 2. The van der Waals surface area contributed by atoms with Gasteiger partial charge in [0.25, 0.3) is 20.2 Å². The Morgan fingerprint density at radius 1 is 0.810 bits per heavy atom. The molecule has 0 aliphatic heterocycles. The number of hydrogen-bond donors (Lipinski definition) is 4. The molecular weight excluding hydrogens is 351 g/mol. The number of benzene rings is 2. The molecule has 0 saturated carbocycles. The summed E-state index contributed by atoms with van der Waals surface area (Å²) in [6.45, 7) is 0. The number of fused-ring (bicyclic) bond motifs is 1. The van der Waals surface area contributed by atoms with Gasteiger partial charge in [0.15, 0.2) is 11.5 Å². The van der Waals surface area contributed by atoms with Crippen LogP contribution in [0.15, 0.2) is 34.1 Å². The largest absolute Gasteiger partial charge is 1.00 e. The monoisotopic (exact) mass is 360 g/mol. The molecule has 0 heterocycles. The maximum Gasteiger partial charge on any atom is 1.00 e. The van der Waals surface area contributed by atoms with Crippen molar-refractivity contribution in [1.29, 1.82) is 0 Å². The summed E-state index contributed by atoms with van der Waals surface area (Å²) in [4.78, 5) is -2.11. The second-order valence-electron chi connectivity index (χ2n) is 3.87. The van der Waals surface area contributed by atoms with Gasteiger partial charge in [-0.2, -0.15) is 16.8 Å². The van der Waals surface area contributed by atoms with Crippen LogP contribution in [0.25, 0.3) is 10.8 Å². The van der Waals surface area contributed by atoms with E-state index < -0.39 is 41.5 Å². The van der Waals surface area contributed by atoms with E-state index in [1.165, 1.54) is 0 Å². The van der Waals surface area contributed by atoms with Crippen molar-refractivity contribution >= 4 is 31.0 Å². The van der Waals surface area contributed by atoms with E-state index in [1.807, 2.05) is 0 Å². The van der Waals surface area contributed by atoms with Crippen molar-refractivity contribution in [3.63, 3.8) is 0 Å². The molecule has 0 bridgehead atoms. The van der Waals surface area contributed by atoms with Gasteiger partial charge in [0, 0.05) is 10.8 Å². The summed E-state index contributed by atoms with van der Waals surface area (Å²) in [6.07, 6.45) is 0. The molecule has 0 saturated heterocycles. The Bertz CT molecular complexity index is 924. The van der Waals surface area contributed by atoms with Gasteiger partial charge in [-0.05, 0) is 24.3 Å². The van der Waals surface area contributed by atoms with Gasteiger partial charge < -0.3 is 11.6 Å². The maximum absolute atomic E-state index is 11.3. The van der Waals surface area contributed by atoms with E-state index in [1.54, 1.807) is 0 Å². The van der Waals surface area contributed by atoms with Crippen LogP contribution in [0.4, 0.5) is 0 Å². The third-order valence-corrected chi connectivity index (χ3v) is 4.58. The standard InChI is InChI=1S/C10H8O8S2.K.H/c11-7-3-1-6-5(9(7)12)2-4-8(19(13,14)15)10(6)20(16,17)18;;/h1-4,11-12H,(H,13,14,15)(H,16,17,18);;/q;+1;-1. The molecule has 8 nitrogen and oxygen atoms in total. The predicted octanol–water partition coefficient (Wildman–Crippen LogP) is -2.14. The Labute approximate surface area is 163 Å². The van der Waals surface area contributed by atoms with Crippen molar-refractivity contribution in [1.82, 2.24) is 0 Å². The zero-order valence-electron chi connectivity index (χ0n) is 11.5. The smallest absolute Gasteiger partial charge is 1.00 e. The molecule has 0 fully saturated rings. The SMILES string of the molecule is O=S(=O)(O)c1ccc2c(O)c(O)ccc2c1S(=O)(=O)O.[H-].[K+]. The molecule has 0 aliphatic rings. The van der Waals surface area contributed by atoms with Crippen LogP contribution in [0.2, 0.25) is 0 Å². The minimum absolute atomic E-state index is 0. The Kier molecular flexibility index (Phi) is 5.46. The Hall–Kier alpha value is -0.244. The summed E-state index contributed by atoms with van der Waals surface area (Å²) in [5.74, 6) is -1.24. The fourth-order valence-electron chi connectivity index (χ4n) is 1.80. The Morgan fingerprint density at radius 2 is 1.33 bits per heavy atom. The minimum Gasteiger partial charge on any atom is -1.00 e. The van der Waals surface area contributed by atoms with Crippen LogP contribution in [-0.2, 0) is 20.2 Å². The molecule has 4 N–H and O–H groups in total. The number of hydrogen-bond acceptors (Lipinski definition) is 6. The van der Waals surface area contributed by atoms with E-state index >= 15 is 0 Å². The summed E-state index contributed by atoms with van der Waals surface area (Å²) < 4.78 is 63.2. The second-order valence-corrected chi connectivity index (χ2v) is 6.62. The molecule has 21 heavy (non-hydrogen) atoms. The van der Waals surface area contributed by atoms with Crippen molar-refractivity contribution in [3.05, 3.63) is 24.3 Å². The van der Waals surface area contributed by atoms with Crippen LogP contribution in [0.1, 0.15) is 1.43 Å². The van der Waals surface area contributed by atoms with E-state index in [4.69, 9.17) is 9.11 Å². The third-order valence-electron chi connectivity index (χ3n) is 2.60. The minimum atomic E-state index is -5.00. The van der Waals surface area contributed by atoms with Crippen molar-refractivity contribution in [2.75, 3.05) is 0 Å². The first-order valence-corrected chi connectivity index (χ1v) is 7.84. The van der Waals surface area contributed by atoms with Gasteiger partial charge in [0.2, 0.25) is 0 Å². The van der Waals surface area contributed by atoms with Crippen LogP contribution in [0.3, 0.4) is 0 Å². The molecule has 0 unspecified atom stereocenters. The number of phenols is 2. The molecule has 0 aliphatic carbocycles. The van der Waals surface area contributed by atoms with E-state index in [9.17, 15) is 27.0 Å². The van der Waals surface area contributed by atoms with Gasteiger partial charge in [0.05, 0.1) is 0 Å². The van der Waals surface area contributed by atoms with E-state index in [-0.39, 0.29) is 63.6 Å². The van der Waals surface area contributed by atoms with Crippen molar-refractivity contribution in [2.45, 2.75) is 9.79 Å². The zero-order chi connectivity index (χ0) is 15.3. The fourth-order valence-corrected chi connectivity index (χ4v) is 3.79. The first kappa shape index (κ1) is 18.8. The second kappa shape index (κ2) is 6.10. The van der Waals surface area contributed by atoms with Gasteiger partial charge in [-0.1, -0.05) is 0 Å². The third kappa shape index (κ3) is 3.57. The summed E-state index contributed by atoms with van der Waals surface area (Å²) in [5, 5.41) is 18.3. The molecule has 2 aromatic carbocycles. The molecular formula is C10H9KO8S2. The number of phenolic OH excluding ortho intramolecular Hbond substituents is 2. The van der Waals surface area contributed by atoms with Crippen molar-refractivity contribution < 1.29 is 89.0 Å². The Morgan fingerprint density at radius 3 is 1.81 bits per heavy atom. The first-order chi connectivity index (χ1) is 9.03. The molecule has 0 amide bonds. The van der Waals surface area contributed by atoms with Gasteiger partial charge in [-0.3, -0.25) is 9.11 Å². The summed E-state index contributed by atoms with van der Waals surface area (Å²) in [6, 6.07) is 3.59. The first-order valence-electron chi connectivity index (χ1n) is 4.96. The fraction of sp³-hybridized carbons (Fsp3) is 0. The van der Waals surface area contributed by atoms with Crippen LogP contribution < -0.4 is 51.4 Å². The van der Waals surface area contributed by atoms with Crippen LogP contribution in [-0.4, -0.2) is 36.2 Å². The van der Waals surface area contributed by atoms with E-state index in [0.29, 0.717) is 6.07 Å². The van der Waals surface area contributed by atoms with Crippen molar-refractivity contribution in [2.24, 2.45) is 0 Å². The maximum atomic E-state index is 11.3. The molecule has 0 atom stereocenters. The van der Waals surface area contributed by atoms with Gasteiger partial charge in [-0.25, -0.2) is 0 Å². The molecule has 110 valence electrons. The predicted molar refractivity (Wildman–Crippen MR) is 68.0 cm³/mol. The quantitative estimate of drug-likeness (QED) is 0.269. The van der Waals surface area contributed by atoms with Gasteiger partial charge in [-0.15, -0.1) is 0 Å². The van der Waals surface area contributed by atoms with E-state index in [2.05, 4.69) is 0 Å².